The molecule has 1 aromatic rings. The summed E-state index contributed by atoms with van der Waals surface area (Å²) in [5, 5.41) is 0. The SMILES string of the molecule is CC.COC(=O)c1cc(OC)c(F)cc1N. The number of carbonyl (C=O) groups is 1. The molecule has 0 spiro atoms. The molecule has 16 heavy (non-hydrogen) atoms. The molecular weight excluding hydrogens is 213 g/mol. The van der Waals surface area contributed by atoms with E-state index in [-0.39, 0.29) is 17.0 Å². The molecule has 0 saturated heterocycles. The Hall–Kier alpha value is -1.78. The highest BCUT2D eigenvalue weighted by Crippen LogP contribution is 2.24. The van der Waals surface area contributed by atoms with E-state index >= 15 is 0 Å². The van der Waals surface area contributed by atoms with Gasteiger partial charge in [-0.1, -0.05) is 13.8 Å². The summed E-state index contributed by atoms with van der Waals surface area (Å²) in [7, 11) is 2.52. The van der Waals surface area contributed by atoms with Crippen molar-refractivity contribution in [2.45, 2.75) is 13.8 Å². The second-order valence-electron chi connectivity index (χ2n) is 2.57. The first-order valence-electron chi connectivity index (χ1n) is 4.81. The lowest BCUT2D eigenvalue weighted by molar-refractivity contribution is 0.0601. The lowest BCUT2D eigenvalue weighted by atomic mass is 10.1. The number of hydrogen-bond acceptors (Lipinski definition) is 4. The fourth-order valence-electron chi connectivity index (χ4n) is 1.01. The molecule has 0 fully saturated rings. The van der Waals surface area contributed by atoms with Crippen LogP contribution in [-0.2, 0) is 4.74 Å². The molecule has 0 aliphatic heterocycles. The van der Waals surface area contributed by atoms with Gasteiger partial charge in [-0.25, -0.2) is 9.18 Å². The van der Waals surface area contributed by atoms with Crippen LogP contribution in [0.2, 0.25) is 0 Å². The summed E-state index contributed by atoms with van der Waals surface area (Å²) >= 11 is 0. The Morgan fingerprint density at radius 1 is 1.31 bits per heavy atom. The zero-order valence-electron chi connectivity index (χ0n) is 9.83. The number of ether oxygens (including phenoxy) is 2. The van der Waals surface area contributed by atoms with Gasteiger partial charge in [-0.15, -0.1) is 0 Å². The van der Waals surface area contributed by atoms with Crippen LogP contribution in [0, 0.1) is 5.82 Å². The Balaban J connectivity index is 0.00000106. The van der Waals surface area contributed by atoms with Crippen molar-refractivity contribution < 1.29 is 18.7 Å². The first kappa shape index (κ1) is 14.2. The molecule has 0 aliphatic carbocycles. The van der Waals surface area contributed by atoms with Gasteiger partial charge in [-0.2, -0.15) is 0 Å². The normalized spacial score (nSPS) is 8.81. The van der Waals surface area contributed by atoms with E-state index in [2.05, 4.69) is 4.74 Å². The molecular formula is C11H16FNO3. The van der Waals surface area contributed by atoms with Crippen LogP contribution < -0.4 is 10.5 Å². The number of esters is 1. The van der Waals surface area contributed by atoms with Gasteiger partial charge in [0.1, 0.15) is 0 Å². The predicted octanol–water partition coefficient (Wildman–Crippen LogP) is 2.23. The number of carbonyl (C=O) groups excluding carboxylic acids is 1. The number of nitrogen functional groups attached to an aromatic ring is 1. The molecule has 5 heteroatoms. The molecule has 0 atom stereocenters. The van der Waals surface area contributed by atoms with Crippen LogP contribution in [0.1, 0.15) is 24.2 Å². The predicted molar refractivity (Wildman–Crippen MR) is 60.1 cm³/mol. The number of hydrogen-bond donors (Lipinski definition) is 1. The molecule has 0 heterocycles. The largest absolute Gasteiger partial charge is 0.494 e. The first-order valence-corrected chi connectivity index (χ1v) is 4.81. The molecule has 1 aromatic carbocycles. The van der Waals surface area contributed by atoms with Crippen LogP contribution in [0.15, 0.2) is 12.1 Å². The van der Waals surface area contributed by atoms with Crippen molar-refractivity contribution in [3.8, 4) is 5.75 Å². The van der Waals surface area contributed by atoms with Crippen molar-refractivity contribution >= 4 is 11.7 Å². The average Bonchev–Trinajstić information content (AvgIpc) is 2.31. The van der Waals surface area contributed by atoms with Gasteiger partial charge < -0.3 is 15.2 Å². The molecule has 0 radical (unpaired) electrons. The number of halogens is 1. The lowest BCUT2D eigenvalue weighted by Gasteiger charge is -2.07. The second kappa shape index (κ2) is 6.66. The minimum atomic E-state index is -0.624. The topological polar surface area (TPSA) is 61.5 Å². The zero-order chi connectivity index (χ0) is 12.7. The van der Waals surface area contributed by atoms with E-state index in [9.17, 15) is 9.18 Å². The third-order valence-electron chi connectivity index (χ3n) is 1.73. The minimum Gasteiger partial charge on any atom is -0.494 e. The fraction of sp³-hybridized carbons (Fsp3) is 0.364. The van der Waals surface area contributed by atoms with Gasteiger partial charge in [0.15, 0.2) is 11.6 Å². The monoisotopic (exact) mass is 229 g/mol. The van der Waals surface area contributed by atoms with Gasteiger partial charge in [-0.3, -0.25) is 0 Å². The van der Waals surface area contributed by atoms with E-state index in [0.717, 1.165) is 6.07 Å². The van der Waals surface area contributed by atoms with Crippen LogP contribution in [0.5, 0.6) is 5.75 Å². The van der Waals surface area contributed by atoms with Gasteiger partial charge in [0, 0.05) is 11.8 Å². The zero-order valence-corrected chi connectivity index (χ0v) is 9.83. The van der Waals surface area contributed by atoms with Crippen molar-refractivity contribution in [3.05, 3.63) is 23.5 Å². The maximum absolute atomic E-state index is 13.0. The highest BCUT2D eigenvalue weighted by Gasteiger charge is 2.14. The molecule has 2 N–H and O–H groups in total. The van der Waals surface area contributed by atoms with E-state index < -0.39 is 11.8 Å². The second-order valence-corrected chi connectivity index (χ2v) is 2.57. The maximum Gasteiger partial charge on any atom is 0.340 e. The molecule has 0 aromatic heterocycles. The van der Waals surface area contributed by atoms with Crippen LogP contribution >= 0.6 is 0 Å². The Kier molecular flexibility index (Phi) is 5.92. The molecule has 0 bridgehead atoms. The number of nitrogens with two attached hydrogens (primary N) is 1. The summed E-state index contributed by atoms with van der Waals surface area (Å²) in [5.74, 6) is -1.28. The van der Waals surface area contributed by atoms with Crippen molar-refractivity contribution in [2.24, 2.45) is 0 Å². The minimum absolute atomic E-state index is 0.0233. The molecule has 0 aliphatic rings. The van der Waals surface area contributed by atoms with Gasteiger partial charge in [0.2, 0.25) is 0 Å². The highest BCUT2D eigenvalue weighted by atomic mass is 19.1. The summed E-state index contributed by atoms with van der Waals surface area (Å²) in [6.07, 6.45) is 0. The summed E-state index contributed by atoms with van der Waals surface area (Å²) in [4.78, 5) is 11.1. The van der Waals surface area contributed by atoms with Crippen LogP contribution in [0.4, 0.5) is 10.1 Å². The molecule has 0 saturated carbocycles. The van der Waals surface area contributed by atoms with Crippen molar-refractivity contribution in [1.82, 2.24) is 0 Å². The number of anilines is 1. The van der Waals surface area contributed by atoms with E-state index in [0.29, 0.717) is 0 Å². The number of benzene rings is 1. The molecule has 1 rings (SSSR count). The van der Waals surface area contributed by atoms with E-state index in [1.54, 1.807) is 0 Å². The molecule has 4 nitrogen and oxygen atoms in total. The number of methoxy groups -OCH3 is 2. The molecule has 90 valence electrons. The standard InChI is InChI=1S/C9H10FNO3.C2H6/c1-13-8-3-5(9(12)14-2)7(11)4-6(8)10;1-2/h3-4H,11H2,1-2H3;1-2H3. The fourth-order valence-corrected chi connectivity index (χ4v) is 1.01. The maximum atomic E-state index is 13.0. The lowest BCUT2D eigenvalue weighted by Crippen LogP contribution is -2.06. The summed E-state index contributed by atoms with van der Waals surface area (Å²) < 4.78 is 22.2. The van der Waals surface area contributed by atoms with Crippen LogP contribution in [0.3, 0.4) is 0 Å². The third-order valence-corrected chi connectivity index (χ3v) is 1.73. The van der Waals surface area contributed by atoms with E-state index in [1.807, 2.05) is 13.8 Å². The van der Waals surface area contributed by atoms with Gasteiger partial charge >= 0.3 is 5.97 Å². The van der Waals surface area contributed by atoms with Gasteiger partial charge in [0.05, 0.1) is 19.8 Å². The van der Waals surface area contributed by atoms with Crippen LogP contribution in [-0.4, -0.2) is 20.2 Å². The Bertz CT molecular complexity index is 366. The average molecular weight is 229 g/mol. The third kappa shape index (κ3) is 3.12. The quantitative estimate of drug-likeness (QED) is 0.624. The Morgan fingerprint density at radius 2 is 1.88 bits per heavy atom. The molecule has 0 unspecified atom stereocenters. The van der Waals surface area contributed by atoms with Crippen molar-refractivity contribution in [3.63, 3.8) is 0 Å². The Morgan fingerprint density at radius 3 is 2.31 bits per heavy atom. The summed E-state index contributed by atoms with van der Waals surface area (Å²) in [6, 6.07) is 2.22. The highest BCUT2D eigenvalue weighted by molar-refractivity contribution is 5.95. The van der Waals surface area contributed by atoms with Gasteiger partial charge in [0.25, 0.3) is 0 Å². The Labute approximate surface area is 94.2 Å². The van der Waals surface area contributed by atoms with Crippen molar-refractivity contribution in [2.75, 3.05) is 20.0 Å². The summed E-state index contributed by atoms with van der Waals surface area (Å²) in [6.45, 7) is 4.00. The molecule has 0 amide bonds. The first-order chi connectivity index (χ1) is 7.60. The van der Waals surface area contributed by atoms with Crippen molar-refractivity contribution in [1.29, 1.82) is 0 Å². The van der Waals surface area contributed by atoms with Gasteiger partial charge in [-0.05, 0) is 6.07 Å². The summed E-state index contributed by atoms with van der Waals surface area (Å²) in [5.41, 5.74) is 5.54. The smallest absolute Gasteiger partial charge is 0.340 e. The van der Waals surface area contributed by atoms with E-state index in [4.69, 9.17) is 10.5 Å². The van der Waals surface area contributed by atoms with E-state index in [1.165, 1.54) is 20.3 Å². The van der Waals surface area contributed by atoms with Crippen LogP contribution in [0.25, 0.3) is 0 Å². The number of rotatable bonds is 2.